The second kappa shape index (κ2) is 7.56. The number of ether oxygens (including phenoxy) is 2. The van der Waals surface area contributed by atoms with E-state index in [0.717, 1.165) is 0 Å². The minimum atomic E-state index is -0.419. The number of benzene rings is 2. The normalized spacial score (nSPS) is 10.2. The van der Waals surface area contributed by atoms with Crippen LogP contribution in [0.25, 0.3) is 5.57 Å². The topological polar surface area (TPSA) is 93.1 Å². The number of hydrogen-bond donors (Lipinski definition) is 2. The quantitative estimate of drug-likeness (QED) is 0.300. The van der Waals surface area contributed by atoms with E-state index in [-0.39, 0.29) is 39.7 Å². The molecule has 0 saturated carbocycles. The molecule has 0 aliphatic carbocycles. The second-order valence-electron chi connectivity index (χ2n) is 5.04. The van der Waals surface area contributed by atoms with Crippen LogP contribution in [0, 0.1) is 0 Å². The van der Waals surface area contributed by atoms with Crippen molar-refractivity contribution in [2.45, 2.75) is 0 Å². The summed E-state index contributed by atoms with van der Waals surface area (Å²) in [5.41, 5.74) is 0.720. The molecule has 0 aromatic heterocycles. The lowest BCUT2D eigenvalue weighted by Gasteiger charge is -2.12. The standard InChI is InChI=1S/C18H15IO6/c1-9(16(21)10-4-5-13(20)14(7-10)24-2)11-6-12(18(19)23)17(22)15(8-11)25-3/h4-8,20,22H,1H2,2-3H3. The second-order valence-corrected chi connectivity index (χ2v) is 6.02. The van der Waals surface area contributed by atoms with Crippen LogP contribution in [0.4, 0.5) is 0 Å². The first kappa shape index (κ1) is 18.8. The molecule has 2 aromatic carbocycles. The third-order valence-corrected chi connectivity index (χ3v) is 4.15. The Morgan fingerprint density at radius 1 is 1.00 bits per heavy atom. The van der Waals surface area contributed by atoms with Gasteiger partial charge in [-0.25, -0.2) is 0 Å². The molecule has 6 nitrogen and oxygen atoms in total. The van der Waals surface area contributed by atoms with Crippen LogP contribution in [0.2, 0.25) is 0 Å². The first-order valence-electron chi connectivity index (χ1n) is 7.02. The summed E-state index contributed by atoms with van der Waals surface area (Å²) in [7, 11) is 2.72. The maximum Gasteiger partial charge on any atom is 0.226 e. The molecule has 2 aromatic rings. The van der Waals surface area contributed by atoms with Crippen LogP contribution in [0.15, 0.2) is 36.9 Å². The predicted molar refractivity (Wildman–Crippen MR) is 101 cm³/mol. The number of rotatable bonds is 6. The Balaban J connectivity index is 2.48. The predicted octanol–water partition coefficient (Wildman–Crippen LogP) is 3.59. The molecule has 25 heavy (non-hydrogen) atoms. The molecule has 0 saturated heterocycles. The first-order valence-corrected chi connectivity index (χ1v) is 8.09. The Bertz CT molecular complexity index is 872. The highest BCUT2D eigenvalue weighted by atomic mass is 127. The fourth-order valence-electron chi connectivity index (χ4n) is 2.21. The van der Waals surface area contributed by atoms with Crippen LogP contribution < -0.4 is 9.47 Å². The molecule has 2 N–H and O–H groups in total. The van der Waals surface area contributed by atoms with E-state index in [9.17, 15) is 19.8 Å². The van der Waals surface area contributed by atoms with Crippen LogP contribution in [0.5, 0.6) is 23.0 Å². The molecular weight excluding hydrogens is 439 g/mol. The van der Waals surface area contributed by atoms with Crippen LogP contribution >= 0.6 is 22.6 Å². The van der Waals surface area contributed by atoms with E-state index in [1.807, 2.05) is 0 Å². The summed E-state index contributed by atoms with van der Waals surface area (Å²) in [5.74, 6) is -0.580. The fourth-order valence-corrected chi connectivity index (χ4v) is 2.62. The molecule has 0 aliphatic rings. The van der Waals surface area contributed by atoms with Crippen LogP contribution in [-0.2, 0) is 0 Å². The van der Waals surface area contributed by atoms with Gasteiger partial charge in [0.05, 0.1) is 19.8 Å². The molecule has 0 bridgehead atoms. The van der Waals surface area contributed by atoms with Gasteiger partial charge in [0.25, 0.3) is 0 Å². The molecule has 0 fully saturated rings. The van der Waals surface area contributed by atoms with E-state index >= 15 is 0 Å². The van der Waals surface area contributed by atoms with Crippen molar-refractivity contribution in [1.29, 1.82) is 0 Å². The monoisotopic (exact) mass is 454 g/mol. The zero-order chi connectivity index (χ0) is 18.7. The van der Waals surface area contributed by atoms with Gasteiger partial charge in [-0.1, -0.05) is 6.58 Å². The minimum Gasteiger partial charge on any atom is -0.504 e. The lowest BCUT2D eigenvalue weighted by Crippen LogP contribution is -2.04. The summed E-state index contributed by atoms with van der Waals surface area (Å²) in [5, 5.41) is 19.6. The van der Waals surface area contributed by atoms with E-state index in [2.05, 4.69) is 6.58 Å². The Hall–Kier alpha value is -2.55. The summed E-state index contributed by atoms with van der Waals surface area (Å²) >= 11 is 1.54. The zero-order valence-electron chi connectivity index (χ0n) is 13.5. The van der Waals surface area contributed by atoms with Crippen LogP contribution in [0.1, 0.15) is 26.3 Å². The highest BCUT2D eigenvalue weighted by Crippen LogP contribution is 2.36. The van der Waals surface area contributed by atoms with E-state index in [1.165, 1.54) is 67.1 Å². The Labute approximate surface area is 157 Å². The minimum absolute atomic E-state index is 0.0205. The number of methoxy groups -OCH3 is 2. The lowest BCUT2D eigenvalue weighted by atomic mass is 9.96. The van der Waals surface area contributed by atoms with E-state index in [4.69, 9.17) is 9.47 Å². The fraction of sp³-hybridized carbons (Fsp3) is 0.111. The van der Waals surface area contributed by atoms with Gasteiger partial charge in [0, 0.05) is 33.7 Å². The van der Waals surface area contributed by atoms with Crippen molar-refractivity contribution in [3.8, 4) is 23.0 Å². The maximum atomic E-state index is 12.7. The van der Waals surface area contributed by atoms with E-state index < -0.39 is 9.57 Å². The molecule has 0 spiro atoms. The summed E-state index contributed by atoms with van der Waals surface area (Å²) in [6, 6.07) is 6.98. The van der Waals surface area contributed by atoms with Gasteiger partial charge in [-0.2, -0.15) is 0 Å². The molecule has 0 heterocycles. The molecular formula is C18H15IO6. The number of halogens is 1. The van der Waals surface area contributed by atoms with Crippen molar-refractivity contribution in [2.24, 2.45) is 0 Å². The number of phenols is 2. The number of carbonyl (C=O) groups excluding carboxylic acids is 2. The van der Waals surface area contributed by atoms with Gasteiger partial charge in [-0.3, -0.25) is 9.59 Å². The van der Waals surface area contributed by atoms with E-state index in [0.29, 0.717) is 5.56 Å². The van der Waals surface area contributed by atoms with Crippen molar-refractivity contribution in [3.05, 3.63) is 53.6 Å². The van der Waals surface area contributed by atoms with Crippen molar-refractivity contribution < 1.29 is 29.3 Å². The van der Waals surface area contributed by atoms with Gasteiger partial charge in [0.2, 0.25) is 3.79 Å². The summed E-state index contributed by atoms with van der Waals surface area (Å²) in [6.45, 7) is 3.78. The highest BCUT2D eigenvalue weighted by Gasteiger charge is 2.20. The maximum absolute atomic E-state index is 12.7. The number of carbonyl (C=O) groups is 2. The van der Waals surface area contributed by atoms with Gasteiger partial charge >= 0.3 is 0 Å². The molecule has 2 rings (SSSR count). The van der Waals surface area contributed by atoms with E-state index in [1.54, 1.807) is 0 Å². The number of phenolic OH excluding ortho intramolecular Hbond substituents is 2. The smallest absolute Gasteiger partial charge is 0.226 e. The van der Waals surface area contributed by atoms with Crippen LogP contribution in [-0.4, -0.2) is 34.0 Å². The Morgan fingerprint density at radius 2 is 1.60 bits per heavy atom. The molecule has 7 heteroatoms. The van der Waals surface area contributed by atoms with Gasteiger partial charge in [-0.05, 0) is 35.9 Å². The number of Topliss-reactive ketones (excluding diaryl/α,β-unsaturated/α-hetero) is 1. The third-order valence-electron chi connectivity index (χ3n) is 3.57. The largest absolute Gasteiger partial charge is 0.504 e. The highest BCUT2D eigenvalue weighted by molar-refractivity contribution is 14.1. The molecule has 0 radical (unpaired) electrons. The summed E-state index contributed by atoms with van der Waals surface area (Å²) in [6.07, 6.45) is 0. The number of aromatic hydroxyl groups is 2. The lowest BCUT2D eigenvalue weighted by molar-refractivity contribution is 0.105. The molecule has 0 atom stereocenters. The zero-order valence-corrected chi connectivity index (χ0v) is 15.7. The number of ketones is 1. The molecule has 0 unspecified atom stereocenters. The molecule has 0 aliphatic heterocycles. The van der Waals surface area contributed by atoms with Crippen molar-refractivity contribution in [2.75, 3.05) is 14.2 Å². The number of allylic oxidation sites excluding steroid dienone is 1. The van der Waals surface area contributed by atoms with Gasteiger partial charge < -0.3 is 19.7 Å². The SMILES string of the molecule is C=C(C(=O)c1ccc(O)c(OC)c1)c1cc(OC)c(O)c(C(=O)I)c1. The Morgan fingerprint density at radius 3 is 2.16 bits per heavy atom. The Kier molecular flexibility index (Phi) is 5.68. The average molecular weight is 454 g/mol. The molecule has 130 valence electrons. The van der Waals surface area contributed by atoms with Crippen molar-refractivity contribution >= 4 is 37.7 Å². The molecule has 0 amide bonds. The van der Waals surface area contributed by atoms with Gasteiger partial charge in [0.15, 0.2) is 28.8 Å². The van der Waals surface area contributed by atoms with Crippen LogP contribution in [0.3, 0.4) is 0 Å². The van der Waals surface area contributed by atoms with Gasteiger partial charge in [0.1, 0.15) is 0 Å². The number of hydrogen-bond acceptors (Lipinski definition) is 6. The van der Waals surface area contributed by atoms with Crippen molar-refractivity contribution in [1.82, 2.24) is 0 Å². The first-order chi connectivity index (χ1) is 11.8. The van der Waals surface area contributed by atoms with Crippen molar-refractivity contribution in [3.63, 3.8) is 0 Å². The average Bonchev–Trinajstić information content (AvgIpc) is 2.60. The van der Waals surface area contributed by atoms with Gasteiger partial charge in [-0.15, -0.1) is 0 Å². The summed E-state index contributed by atoms with van der Waals surface area (Å²) in [4.78, 5) is 24.3. The third kappa shape index (κ3) is 3.76. The summed E-state index contributed by atoms with van der Waals surface area (Å²) < 4.78 is 9.65.